The summed E-state index contributed by atoms with van der Waals surface area (Å²) in [5.41, 5.74) is 13.8. The van der Waals surface area contributed by atoms with Gasteiger partial charge in [-0.25, -0.2) is 0 Å². The van der Waals surface area contributed by atoms with Crippen molar-refractivity contribution in [2.45, 2.75) is 12.8 Å². The van der Waals surface area contributed by atoms with Crippen LogP contribution >= 0.6 is 0 Å². The van der Waals surface area contributed by atoms with Gasteiger partial charge in [-0.05, 0) is 35.4 Å². The van der Waals surface area contributed by atoms with Gasteiger partial charge in [0.15, 0.2) is 0 Å². The van der Waals surface area contributed by atoms with Crippen LogP contribution in [0, 0.1) is 0 Å². The fourth-order valence-electron chi connectivity index (χ4n) is 1.93. The van der Waals surface area contributed by atoms with E-state index in [2.05, 4.69) is 5.32 Å². The van der Waals surface area contributed by atoms with E-state index < -0.39 is 0 Å². The molecule has 0 saturated carbocycles. The summed E-state index contributed by atoms with van der Waals surface area (Å²) in [6.07, 6.45) is 0.475. The van der Waals surface area contributed by atoms with E-state index in [4.69, 9.17) is 11.5 Å². The molecule has 0 radical (unpaired) electrons. The third kappa shape index (κ3) is 4.65. The van der Waals surface area contributed by atoms with Crippen LogP contribution in [0.3, 0.4) is 0 Å². The number of primary amides is 1. The Morgan fingerprint density at radius 2 is 1.38 bits per heavy atom. The third-order valence-corrected chi connectivity index (χ3v) is 2.96. The number of nitrogens with two attached hydrogens (primary N) is 2. The van der Waals surface area contributed by atoms with Crippen molar-refractivity contribution in [1.82, 2.24) is 0 Å². The maximum atomic E-state index is 11.9. The predicted molar refractivity (Wildman–Crippen MR) is 82.5 cm³/mol. The number of nitrogens with one attached hydrogen (secondary N) is 1. The van der Waals surface area contributed by atoms with Crippen LogP contribution in [-0.4, -0.2) is 11.8 Å². The average Bonchev–Trinajstić information content (AvgIpc) is 2.43. The van der Waals surface area contributed by atoms with Crippen molar-refractivity contribution in [2.75, 3.05) is 11.1 Å². The van der Waals surface area contributed by atoms with Crippen LogP contribution < -0.4 is 16.8 Å². The molecule has 0 fully saturated rings. The minimum absolute atomic E-state index is 0.109. The van der Waals surface area contributed by atoms with Gasteiger partial charge < -0.3 is 16.8 Å². The second-order valence-corrected chi connectivity index (χ2v) is 4.81. The van der Waals surface area contributed by atoms with Gasteiger partial charge in [-0.1, -0.05) is 24.3 Å². The fourth-order valence-corrected chi connectivity index (χ4v) is 1.93. The van der Waals surface area contributed by atoms with Crippen LogP contribution in [0.15, 0.2) is 48.5 Å². The van der Waals surface area contributed by atoms with Gasteiger partial charge in [0.05, 0.1) is 12.8 Å². The van der Waals surface area contributed by atoms with E-state index in [-0.39, 0.29) is 24.7 Å². The molecule has 0 spiro atoms. The first-order valence-electron chi connectivity index (χ1n) is 6.54. The molecule has 5 nitrogen and oxygen atoms in total. The summed E-state index contributed by atoms with van der Waals surface area (Å²) in [5.74, 6) is -0.488. The van der Waals surface area contributed by atoms with Crippen molar-refractivity contribution in [2.24, 2.45) is 5.73 Å². The first-order valence-corrected chi connectivity index (χ1v) is 6.54. The predicted octanol–water partition coefficient (Wildman–Crippen LogP) is 1.48. The van der Waals surface area contributed by atoms with Gasteiger partial charge in [0.2, 0.25) is 11.8 Å². The SMILES string of the molecule is NC(=O)Cc1ccc(NC(=O)Cc2ccc(N)cc2)cc1. The molecule has 0 aliphatic heterocycles. The van der Waals surface area contributed by atoms with E-state index in [0.717, 1.165) is 11.1 Å². The molecule has 21 heavy (non-hydrogen) atoms. The van der Waals surface area contributed by atoms with Crippen LogP contribution in [0.2, 0.25) is 0 Å². The van der Waals surface area contributed by atoms with E-state index >= 15 is 0 Å². The van der Waals surface area contributed by atoms with Gasteiger partial charge in [-0.15, -0.1) is 0 Å². The summed E-state index contributed by atoms with van der Waals surface area (Å²) in [7, 11) is 0. The van der Waals surface area contributed by atoms with Crippen molar-refractivity contribution in [3.63, 3.8) is 0 Å². The van der Waals surface area contributed by atoms with Gasteiger partial charge in [-0.2, -0.15) is 0 Å². The number of hydrogen-bond donors (Lipinski definition) is 3. The molecular formula is C16H17N3O2. The maximum absolute atomic E-state index is 11.9. The standard InChI is InChI=1S/C16H17N3O2/c17-13-5-1-12(2-6-13)10-16(21)19-14-7-3-11(4-8-14)9-15(18)20/h1-8H,9-10,17H2,(H2,18,20)(H,19,21). The first kappa shape index (κ1) is 14.6. The molecule has 5 N–H and O–H groups in total. The summed E-state index contributed by atoms with van der Waals surface area (Å²) in [5, 5.41) is 2.80. The number of anilines is 2. The number of carbonyl (C=O) groups is 2. The lowest BCUT2D eigenvalue weighted by molar-refractivity contribution is -0.117. The van der Waals surface area contributed by atoms with Crippen molar-refractivity contribution >= 4 is 23.2 Å². The third-order valence-electron chi connectivity index (χ3n) is 2.96. The minimum atomic E-state index is -0.380. The molecule has 0 unspecified atom stereocenters. The highest BCUT2D eigenvalue weighted by molar-refractivity contribution is 5.92. The molecular weight excluding hydrogens is 266 g/mol. The Labute approximate surface area is 123 Å². The van der Waals surface area contributed by atoms with Gasteiger partial charge in [-0.3, -0.25) is 9.59 Å². The summed E-state index contributed by atoms with van der Waals surface area (Å²) >= 11 is 0. The summed E-state index contributed by atoms with van der Waals surface area (Å²) < 4.78 is 0. The highest BCUT2D eigenvalue weighted by Gasteiger charge is 2.05. The second-order valence-electron chi connectivity index (χ2n) is 4.81. The zero-order valence-electron chi connectivity index (χ0n) is 11.5. The average molecular weight is 283 g/mol. The Kier molecular flexibility index (Phi) is 4.56. The highest BCUT2D eigenvalue weighted by Crippen LogP contribution is 2.11. The summed E-state index contributed by atoms with van der Waals surface area (Å²) in [4.78, 5) is 22.7. The zero-order chi connectivity index (χ0) is 15.2. The van der Waals surface area contributed by atoms with Crippen molar-refractivity contribution in [1.29, 1.82) is 0 Å². The quantitative estimate of drug-likeness (QED) is 0.725. The molecule has 5 heteroatoms. The molecule has 2 aromatic carbocycles. The molecule has 0 saturated heterocycles. The Balaban J connectivity index is 1.93. The Morgan fingerprint density at radius 3 is 1.95 bits per heavy atom. The second kappa shape index (κ2) is 6.56. The van der Waals surface area contributed by atoms with E-state index in [1.165, 1.54) is 0 Å². The molecule has 2 rings (SSSR count). The zero-order valence-corrected chi connectivity index (χ0v) is 11.5. The minimum Gasteiger partial charge on any atom is -0.399 e. The summed E-state index contributed by atoms with van der Waals surface area (Å²) in [6.45, 7) is 0. The molecule has 0 aliphatic rings. The van der Waals surface area contributed by atoms with Crippen LogP contribution in [0.25, 0.3) is 0 Å². The number of amides is 2. The Bertz CT molecular complexity index is 634. The van der Waals surface area contributed by atoms with Crippen LogP contribution in [0.4, 0.5) is 11.4 Å². The molecule has 0 aromatic heterocycles. The van der Waals surface area contributed by atoms with Gasteiger partial charge in [0.1, 0.15) is 0 Å². The lowest BCUT2D eigenvalue weighted by Gasteiger charge is -2.06. The molecule has 0 bridgehead atoms. The number of rotatable bonds is 5. The van der Waals surface area contributed by atoms with E-state index in [1.54, 1.807) is 36.4 Å². The first-order chi connectivity index (χ1) is 10.0. The van der Waals surface area contributed by atoms with Crippen molar-refractivity contribution in [3.8, 4) is 0 Å². The maximum Gasteiger partial charge on any atom is 0.228 e. The smallest absolute Gasteiger partial charge is 0.228 e. The Hall–Kier alpha value is -2.82. The largest absolute Gasteiger partial charge is 0.399 e. The topological polar surface area (TPSA) is 98.2 Å². The molecule has 0 heterocycles. The summed E-state index contributed by atoms with van der Waals surface area (Å²) in [6, 6.07) is 14.2. The van der Waals surface area contributed by atoms with Crippen molar-refractivity contribution in [3.05, 3.63) is 59.7 Å². The van der Waals surface area contributed by atoms with Crippen molar-refractivity contribution < 1.29 is 9.59 Å². The highest BCUT2D eigenvalue weighted by atomic mass is 16.1. The van der Waals surface area contributed by atoms with E-state index in [9.17, 15) is 9.59 Å². The van der Waals surface area contributed by atoms with E-state index in [0.29, 0.717) is 11.4 Å². The van der Waals surface area contributed by atoms with Gasteiger partial charge in [0, 0.05) is 11.4 Å². The monoisotopic (exact) mass is 283 g/mol. The fraction of sp³-hybridized carbons (Fsp3) is 0.125. The number of benzene rings is 2. The van der Waals surface area contributed by atoms with Crippen LogP contribution in [-0.2, 0) is 22.4 Å². The van der Waals surface area contributed by atoms with Gasteiger partial charge >= 0.3 is 0 Å². The molecule has 2 amide bonds. The number of nitrogen functional groups attached to an aromatic ring is 1. The molecule has 0 atom stereocenters. The Morgan fingerprint density at radius 1 is 0.857 bits per heavy atom. The van der Waals surface area contributed by atoms with E-state index in [1.807, 2.05) is 12.1 Å². The number of hydrogen-bond acceptors (Lipinski definition) is 3. The van der Waals surface area contributed by atoms with Crippen LogP contribution in [0.1, 0.15) is 11.1 Å². The number of carbonyl (C=O) groups excluding carboxylic acids is 2. The normalized spacial score (nSPS) is 10.1. The lowest BCUT2D eigenvalue weighted by Crippen LogP contribution is -2.15. The molecule has 108 valence electrons. The lowest BCUT2D eigenvalue weighted by atomic mass is 10.1. The molecule has 2 aromatic rings. The van der Waals surface area contributed by atoms with Gasteiger partial charge in [0.25, 0.3) is 0 Å². The van der Waals surface area contributed by atoms with Crippen LogP contribution in [0.5, 0.6) is 0 Å². The molecule has 0 aliphatic carbocycles.